The molecule has 0 radical (unpaired) electrons. The number of halogens is 1. The van der Waals surface area contributed by atoms with Gasteiger partial charge in [-0.25, -0.2) is 4.40 Å². The molecule has 0 saturated heterocycles. The van der Waals surface area contributed by atoms with Gasteiger partial charge in [-0.05, 0) is 29.8 Å². The number of ether oxygens (including phenoxy) is 1. The molecule has 1 atom stereocenters. The van der Waals surface area contributed by atoms with Crippen LogP contribution in [0.5, 0.6) is 5.75 Å². The predicted molar refractivity (Wildman–Crippen MR) is 61.9 cm³/mol. The van der Waals surface area contributed by atoms with E-state index in [4.69, 9.17) is 4.74 Å². The average Bonchev–Trinajstić information content (AvgIpc) is 2.75. The van der Waals surface area contributed by atoms with Crippen molar-refractivity contribution in [2.45, 2.75) is 0 Å². The lowest BCUT2D eigenvalue weighted by Gasteiger charge is -2.12. The van der Waals surface area contributed by atoms with E-state index in [1.54, 1.807) is 31.4 Å². The third kappa shape index (κ3) is 3.45. The van der Waals surface area contributed by atoms with Gasteiger partial charge >= 0.3 is 0 Å². The van der Waals surface area contributed by atoms with E-state index in [9.17, 15) is 14.0 Å². The molecular formula is C9H8ClNO5S2. The summed E-state index contributed by atoms with van der Waals surface area (Å²) >= 11 is 1.08. The van der Waals surface area contributed by atoms with E-state index in [1.807, 2.05) is 0 Å². The Bertz CT molecular complexity index is 497. The molecule has 0 amide bonds. The molecule has 2 rings (SSSR count). The molecule has 9 heteroatoms. The van der Waals surface area contributed by atoms with Crippen LogP contribution in [0.3, 0.4) is 0 Å². The van der Waals surface area contributed by atoms with Gasteiger partial charge in [0.25, 0.3) is 0 Å². The molecule has 1 unspecified atom stereocenters. The highest BCUT2D eigenvalue weighted by Gasteiger charge is 2.28. The van der Waals surface area contributed by atoms with Crippen LogP contribution in [0.25, 0.3) is 0 Å². The number of hydrogen-bond acceptors (Lipinski definition) is 7. The first-order valence-corrected chi connectivity index (χ1v) is 7.77. The summed E-state index contributed by atoms with van der Waals surface area (Å²) in [5.41, 5.74) is 2.03. The topological polar surface area (TPSA) is 100 Å². The van der Waals surface area contributed by atoms with Gasteiger partial charge in [0, 0.05) is 11.9 Å². The summed E-state index contributed by atoms with van der Waals surface area (Å²) < 4.78 is 45.5. The monoisotopic (exact) mass is 309 g/mol. The van der Waals surface area contributed by atoms with Gasteiger partial charge in [-0.1, -0.05) is 0 Å². The molecule has 98 valence electrons. The normalized spacial score (nSPS) is 19.3. The summed E-state index contributed by atoms with van der Waals surface area (Å²) in [6.45, 7) is 0. The van der Waals surface area contributed by atoms with E-state index in [-0.39, 0.29) is 0 Å². The van der Waals surface area contributed by atoms with Gasteiger partial charge in [-0.15, -0.1) is 0 Å². The van der Waals surface area contributed by atoms with Gasteiger partial charge in [0.2, 0.25) is 0 Å². The van der Waals surface area contributed by atoms with E-state index in [2.05, 4.69) is 8.13 Å². The summed E-state index contributed by atoms with van der Waals surface area (Å²) in [5, 5.41) is 0. The molecule has 0 fully saturated rings. The van der Waals surface area contributed by atoms with Gasteiger partial charge in [0.05, 0.1) is 17.4 Å². The molecule has 1 aromatic rings. The number of nitrogens with zero attached hydrogens (tertiary/aromatic N) is 1. The second-order valence-electron chi connectivity index (χ2n) is 3.06. The SMILES string of the molecule is COc1ccc(C2=S(O[Cl+3]([O-])([O-])[O-])C=NS2)cc1. The van der Waals surface area contributed by atoms with Crippen molar-refractivity contribution < 1.29 is 32.7 Å². The molecule has 6 nitrogen and oxygen atoms in total. The molecule has 0 bridgehead atoms. The largest absolute Gasteiger partial charge is 0.497 e. The van der Waals surface area contributed by atoms with E-state index >= 15 is 0 Å². The Hall–Kier alpha value is -0.610. The molecule has 1 heterocycles. The van der Waals surface area contributed by atoms with Gasteiger partial charge < -0.3 is 4.74 Å². The minimum Gasteiger partial charge on any atom is -0.497 e. The first-order chi connectivity index (χ1) is 8.49. The van der Waals surface area contributed by atoms with Crippen molar-refractivity contribution in [2.24, 2.45) is 4.40 Å². The highest BCUT2D eigenvalue weighted by Crippen LogP contribution is 2.34. The van der Waals surface area contributed by atoms with Crippen LogP contribution in [0.2, 0.25) is 0 Å². The summed E-state index contributed by atoms with van der Waals surface area (Å²) in [4.78, 5) is 0. The number of benzene rings is 1. The van der Waals surface area contributed by atoms with Crippen LogP contribution < -0.4 is 18.7 Å². The number of methoxy groups -OCH3 is 1. The van der Waals surface area contributed by atoms with Crippen molar-refractivity contribution >= 4 is 32.5 Å². The summed E-state index contributed by atoms with van der Waals surface area (Å²) in [7, 11) is -4.18. The first-order valence-electron chi connectivity index (χ1n) is 4.55. The Kier molecular flexibility index (Phi) is 4.28. The van der Waals surface area contributed by atoms with Crippen molar-refractivity contribution in [3.05, 3.63) is 29.8 Å². The molecule has 1 aliphatic heterocycles. The van der Waals surface area contributed by atoms with Gasteiger partial charge in [0.15, 0.2) is 10.8 Å². The maximum absolute atomic E-state index is 10.6. The highest BCUT2D eigenvalue weighted by molar-refractivity contribution is 8.40. The van der Waals surface area contributed by atoms with Crippen LogP contribution in [0.4, 0.5) is 0 Å². The van der Waals surface area contributed by atoms with Crippen molar-refractivity contribution in [3.8, 4) is 5.75 Å². The van der Waals surface area contributed by atoms with E-state index in [0.717, 1.165) is 17.5 Å². The third-order valence-electron chi connectivity index (χ3n) is 1.93. The van der Waals surface area contributed by atoms with Crippen molar-refractivity contribution in [1.82, 2.24) is 0 Å². The zero-order chi connectivity index (χ0) is 13.2. The Morgan fingerprint density at radius 2 is 1.89 bits per heavy atom. The predicted octanol–water partition coefficient (Wildman–Crippen LogP) is -1.04. The highest BCUT2D eigenvalue weighted by atomic mass is 35.7. The standard InChI is InChI=1S/C9H8ClNO5S2/c1-15-8-4-2-7(3-5-8)9-17-11-6-18(9)16-10(12,13)14/h2-6H,1H3. The summed E-state index contributed by atoms with van der Waals surface area (Å²) in [5.74, 6) is 0.679. The van der Waals surface area contributed by atoms with Crippen LogP contribution in [-0.2, 0) is 3.74 Å². The van der Waals surface area contributed by atoms with Crippen molar-refractivity contribution in [1.29, 1.82) is 0 Å². The minimum absolute atomic E-state index is 0.574. The Morgan fingerprint density at radius 1 is 1.22 bits per heavy atom. The zero-order valence-corrected chi connectivity index (χ0v) is 11.5. The summed E-state index contributed by atoms with van der Waals surface area (Å²) in [6, 6.07) is 6.94. The van der Waals surface area contributed by atoms with Gasteiger partial charge in [-0.3, -0.25) is 0 Å². The summed E-state index contributed by atoms with van der Waals surface area (Å²) in [6.07, 6.45) is 0. The quantitative estimate of drug-likeness (QED) is 0.520. The van der Waals surface area contributed by atoms with Crippen LogP contribution in [-0.4, -0.2) is 16.9 Å². The molecule has 1 aromatic carbocycles. The Labute approximate surface area is 112 Å². The number of hydrogen-bond donors (Lipinski definition) is 0. The minimum atomic E-state index is -4.47. The lowest BCUT2D eigenvalue weighted by molar-refractivity contribution is -1.91. The lowest BCUT2D eigenvalue weighted by atomic mass is 10.2. The Balaban J connectivity index is 2.27. The molecule has 0 aliphatic carbocycles. The van der Waals surface area contributed by atoms with Crippen LogP contribution in [0, 0.1) is 10.2 Å². The molecule has 0 saturated carbocycles. The fourth-order valence-electron chi connectivity index (χ4n) is 1.22. The van der Waals surface area contributed by atoms with Crippen LogP contribution in [0.1, 0.15) is 5.56 Å². The molecule has 0 spiro atoms. The van der Waals surface area contributed by atoms with Gasteiger partial charge in [0.1, 0.15) is 19.2 Å². The first kappa shape index (κ1) is 13.8. The zero-order valence-electron chi connectivity index (χ0n) is 9.07. The average molecular weight is 310 g/mol. The van der Waals surface area contributed by atoms with Crippen LogP contribution >= 0.6 is 22.7 Å². The van der Waals surface area contributed by atoms with E-state index < -0.39 is 21.0 Å². The molecule has 0 aromatic heterocycles. The maximum Gasteiger partial charge on any atom is 0.167 e. The smallest absolute Gasteiger partial charge is 0.167 e. The molecule has 18 heavy (non-hydrogen) atoms. The van der Waals surface area contributed by atoms with Crippen LogP contribution in [0.15, 0.2) is 28.7 Å². The van der Waals surface area contributed by atoms with Gasteiger partial charge in [-0.2, -0.15) is 14.0 Å². The molecule has 1 aliphatic rings. The number of rotatable bonds is 4. The third-order valence-corrected chi connectivity index (χ3v) is 5.45. The molecule has 0 N–H and O–H groups in total. The fraction of sp³-hybridized carbons (Fsp3) is 0.111. The van der Waals surface area contributed by atoms with E-state index in [1.165, 1.54) is 5.55 Å². The van der Waals surface area contributed by atoms with Crippen molar-refractivity contribution in [3.63, 3.8) is 0 Å². The lowest BCUT2D eigenvalue weighted by Crippen LogP contribution is -2.60. The molecular weight excluding hydrogens is 302 g/mol. The second-order valence-corrected chi connectivity index (χ2v) is 6.59. The second kappa shape index (κ2) is 5.57. The van der Waals surface area contributed by atoms with Crippen molar-refractivity contribution in [2.75, 3.05) is 7.11 Å². The van der Waals surface area contributed by atoms with E-state index in [0.29, 0.717) is 9.95 Å². The maximum atomic E-state index is 10.6. The fourth-order valence-corrected chi connectivity index (χ4v) is 4.31. The Morgan fingerprint density at radius 3 is 2.44 bits per heavy atom.